The maximum atomic E-state index is 5.69. The van der Waals surface area contributed by atoms with Gasteiger partial charge >= 0.3 is 0 Å². The highest BCUT2D eigenvalue weighted by atomic mass is 127. The molecule has 1 unspecified atom stereocenters. The molecule has 0 aliphatic carbocycles. The molecule has 1 atom stereocenters. The van der Waals surface area contributed by atoms with Crippen LogP contribution in [0.3, 0.4) is 0 Å². The third-order valence-electron chi connectivity index (χ3n) is 2.41. The topological polar surface area (TPSA) is 47.0 Å². The Balaban J connectivity index is 2.11. The van der Waals surface area contributed by atoms with Gasteiger partial charge in [-0.2, -0.15) is 11.8 Å². The number of halogens is 1. The summed E-state index contributed by atoms with van der Waals surface area (Å²) in [5.74, 6) is 3.75. The lowest BCUT2D eigenvalue weighted by atomic mass is 10.3. The second-order valence-corrected chi connectivity index (χ2v) is 6.10. The number of hydrogen-bond donors (Lipinski definition) is 1. The molecule has 0 saturated carbocycles. The summed E-state index contributed by atoms with van der Waals surface area (Å²) in [5.41, 5.74) is 0. The molecule has 0 bridgehead atoms. The van der Waals surface area contributed by atoms with Gasteiger partial charge in [0, 0.05) is 24.2 Å². The normalized spacial score (nSPS) is 20.2. The molecule has 2 heterocycles. The molecule has 0 spiro atoms. The molecule has 1 fully saturated rings. The van der Waals surface area contributed by atoms with Gasteiger partial charge in [-0.25, -0.2) is 9.97 Å². The number of anilines is 1. The number of rotatable bonds is 4. The molecule has 6 heteroatoms. The lowest BCUT2D eigenvalue weighted by molar-refractivity contribution is 0.0695. The molecular weight excluding hydrogens is 349 g/mol. The fraction of sp³-hybridized carbons (Fsp3) is 0.636. The van der Waals surface area contributed by atoms with Crippen molar-refractivity contribution in [1.82, 2.24) is 9.97 Å². The summed E-state index contributed by atoms with van der Waals surface area (Å²) in [6.07, 6.45) is 3.00. The van der Waals surface area contributed by atoms with Crippen LogP contribution in [-0.4, -0.2) is 34.6 Å². The van der Waals surface area contributed by atoms with E-state index in [1.54, 1.807) is 0 Å². The highest BCUT2D eigenvalue weighted by Crippen LogP contribution is 2.25. The molecule has 94 valence electrons. The van der Waals surface area contributed by atoms with Gasteiger partial charge in [0.05, 0.1) is 10.2 Å². The van der Waals surface area contributed by atoms with Crippen molar-refractivity contribution in [2.24, 2.45) is 0 Å². The van der Waals surface area contributed by atoms with E-state index in [1.807, 2.05) is 18.0 Å². The highest BCUT2D eigenvalue weighted by Gasteiger charge is 2.20. The van der Waals surface area contributed by atoms with Crippen LogP contribution < -0.4 is 5.32 Å². The largest absolute Gasteiger partial charge is 0.369 e. The Labute approximate surface area is 119 Å². The zero-order valence-electron chi connectivity index (χ0n) is 9.78. The van der Waals surface area contributed by atoms with Crippen molar-refractivity contribution in [2.75, 3.05) is 30.0 Å². The van der Waals surface area contributed by atoms with Crippen LogP contribution in [0.2, 0.25) is 0 Å². The number of nitrogens with zero attached hydrogens (tertiary/aromatic N) is 2. The van der Waals surface area contributed by atoms with E-state index in [1.165, 1.54) is 0 Å². The van der Waals surface area contributed by atoms with Crippen LogP contribution in [-0.2, 0) is 4.74 Å². The smallest absolute Gasteiger partial charge is 0.160 e. The fourth-order valence-electron chi connectivity index (χ4n) is 1.54. The molecule has 1 aliphatic rings. The quantitative estimate of drug-likeness (QED) is 0.832. The first kappa shape index (κ1) is 13.4. The van der Waals surface area contributed by atoms with E-state index >= 15 is 0 Å². The lowest BCUT2D eigenvalue weighted by Crippen LogP contribution is -2.19. The van der Waals surface area contributed by atoms with Gasteiger partial charge in [-0.15, -0.1) is 0 Å². The van der Waals surface area contributed by atoms with Crippen molar-refractivity contribution >= 4 is 40.2 Å². The number of aromatic nitrogens is 2. The summed E-state index contributed by atoms with van der Waals surface area (Å²) in [4.78, 5) is 8.94. The molecule has 4 nitrogen and oxygen atoms in total. The summed E-state index contributed by atoms with van der Waals surface area (Å²) in [7, 11) is 0. The van der Waals surface area contributed by atoms with E-state index in [0.717, 1.165) is 46.3 Å². The van der Waals surface area contributed by atoms with Crippen molar-refractivity contribution in [2.45, 2.75) is 19.4 Å². The van der Waals surface area contributed by atoms with E-state index < -0.39 is 0 Å². The molecule has 17 heavy (non-hydrogen) atoms. The minimum atomic E-state index is 0.0490. The Kier molecular flexibility index (Phi) is 5.30. The van der Waals surface area contributed by atoms with Gasteiger partial charge < -0.3 is 10.1 Å². The van der Waals surface area contributed by atoms with Gasteiger partial charge in [0.15, 0.2) is 5.82 Å². The molecule has 1 aromatic heterocycles. The molecule has 0 radical (unpaired) electrons. The Morgan fingerprint density at radius 2 is 2.53 bits per heavy atom. The summed E-state index contributed by atoms with van der Waals surface area (Å²) < 4.78 is 6.75. The molecule has 0 amide bonds. The van der Waals surface area contributed by atoms with E-state index in [0.29, 0.717) is 0 Å². The van der Waals surface area contributed by atoms with Crippen LogP contribution in [0.25, 0.3) is 0 Å². The van der Waals surface area contributed by atoms with Crippen molar-refractivity contribution < 1.29 is 4.74 Å². The molecule has 1 aromatic rings. The van der Waals surface area contributed by atoms with Crippen LogP contribution in [0.4, 0.5) is 5.82 Å². The van der Waals surface area contributed by atoms with E-state index in [9.17, 15) is 0 Å². The minimum Gasteiger partial charge on any atom is -0.369 e. The molecular formula is C11H16IN3OS. The second-order valence-electron chi connectivity index (χ2n) is 3.79. The molecule has 1 saturated heterocycles. The van der Waals surface area contributed by atoms with Crippen LogP contribution >= 0.6 is 34.4 Å². The monoisotopic (exact) mass is 365 g/mol. The van der Waals surface area contributed by atoms with Gasteiger partial charge in [0.25, 0.3) is 0 Å². The van der Waals surface area contributed by atoms with Crippen LogP contribution in [0.1, 0.15) is 25.3 Å². The Hall–Kier alpha value is -0.0800. The predicted molar refractivity (Wildman–Crippen MR) is 79.5 cm³/mol. The summed E-state index contributed by atoms with van der Waals surface area (Å²) in [5, 5.41) is 3.32. The van der Waals surface area contributed by atoms with Crippen molar-refractivity contribution in [3.8, 4) is 0 Å². The first-order chi connectivity index (χ1) is 8.31. The van der Waals surface area contributed by atoms with Gasteiger partial charge in [0.1, 0.15) is 11.9 Å². The number of thioether (sulfide) groups is 1. The number of ether oxygens (including phenoxy) is 1. The Morgan fingerprint density at radius 1 is 1.65 bits per heavy atom. The first-order valence-electron chi connectivity index (χ1n) is 5.77. The summed E-state index contributed by atoms with van der Waals surface area (Å²) >= 11 is 4.15. The standard InChI is InChI=1S/C11H16IN3OS/c1-2-3-13-10-8(12)6-14-11(15-10)9-7-17-5-4-16-9/h6,9H,2-5,7H2,1H3,(H,13,14,15). The molecule has 1 aliphatic heterocycles. The fourth-order valence-corrected chi connectivity index (χ4v) is 2.83. The molecule has 0 aromatic carbocycles. The van der Waals surface area contributed by atoms with Gasteiger partial charge in [0.2, 0.25) is 0 Å². The number of hydrogen-bond acceptors (Lipinski definition) is 5. The summed E-state index contributed by atoms with van der Waals surface area (Å²) in [6.45, 7) is 3.87. The molecule has 2 rings (SSSR count). The van der Waals surface area contributed by atoms with Crippen molar-refractivity contribution in [3.05, 3.63) is 15.6 Å². The van der Waals surface area contributed by atoms with Crippen molar-refractivity contribution in [3.63, 3.8) is 0 Å². The average Bonchev–Trinajstić information content (AvgIpc) is 2.39. The highest BCUT2D eigenvalue weighted by molar-refractivity contribution is 14.1. The molecule has 1 N–H and O–H groups in total. The van der Waals surface area contributed by atoms with E-state index in [-0.39, 0.29) is 6.10 Å². The SMILES string of the molecule is CCCNc1nc(C2CSCCO2)ncc1I. The van der Waals surface area contributed by atoms with Crippen molar-refractivity contribution in [1.29, 1.82) is 0 Å². The third-order valence-corrected chi connectivity index (χ3v) is 4.19. The summed E-state index contributed by atoms with van der Waals surface area (Å²) in [6, 6.07) is 0. The van der Waals surface area contributed by atoms with Crippen LogP contribution in [0, 0.1) is 3.57 Å². The third kappa shape index (κ3) is 3.69. The van der Waals surface area contributed by atoms with Crippen LogP contribution in [0.15, 0.2) is 6.20 Å². The van der Waals surface area contributed by atoms with E-state index in [2.05, 4.69) is 44.8 Å². The average molecular weight is 365 g/mol. The van der Waals surface area contributed by atoms with E-state index in [4.69, 9.17) is 4.74 Å². The predicted octanol–water partition coefficient (Wildman–Crippen LogP) is 2.71. The maximum Gasteiger partial charge on any atom is 0.160 e. The maximum absolute atomic E-state index is 5.69. The zero-order valence-corrected chi connectivity index (χ0v) is 12.8. The van der Waals surface area contributed by atoms with Gasteiger partial charge in [-0.05, 0) is 29.0 Å². The Bertz CT molecular complexity index is 372. The van der Waals surface area contributed by atoms with Gasteiger partial charge in [-0.1, -0.05) is 6.92 Å². The first-order valence-corrected chi connectivity index (χ1v) is 8.00. The van der Waals surface area contributed by atoms with Gasteiger partial charge in [-0.3, -0.25) is 0 Å². The Morgan fingerprint density at radius 3 is 3.24 bits per heavy atom. The zero-order chi connectivity index (χ0) is 12.1. The second kappa shape index (κ2) is 6.75. The lowest BCUT2D eigenvalue weighted by Gasteiger charge is -2.21. The number of nitrogens with one attached hydrogen (secondary N) is 1. The minimum absolute atomic E-state index is 0.0490. The van der Waals surface area contributed by atoms with Crippen LogP contribution in [0.5, 0.6) is 0 Å².